The molecule has 8 nitrogen and oxygen atoms in total. The normalized spacial score (nSPS) is 16.6. The quantitative estimate of drug-likeness (QED) is 0.179. The third-order valence-electron chi connectivity index (χ3n) is 9.26. The number of phenolic OH excluding ortho intramolecular Hbond substituents is 1. The molecular formula is C36H36N4O4. The summed E-state index contributed by atoms with van der Waals surface area (Å²) in [4.78, 5) is 32.4. The summed E-state index contributed by atoms with van der Waals surface area (Å²) in [7, 11) is 0. The summed E-state index contributed by atoms with van der Waals surface area (Å²) in [6.07, 6.45) is 12.1. The first kappa shape index (κ1) is 28.0. The minimum Gasteiger partial charge on any atom is -0.508 e. The summed E-state index contributed by atoms with van der Waals surface area (Å²) < 4.78 is 7.71. The number of carbonyl (C=O) groups is 2. The molecule has 2 saturated carbocycles. The number of amides is 2. The Morgan fingerprint density at radius 3 is 2.23 bits per heavy atom. The van der Waals surface area contributed by atoms with Crippen molar-refractivity contribution in [2.24, 2.45) is 0 Å². The van der Waals surface area contributed by atoms with Crippen molar-refractivity contribution in [1.29, 1.82) is 0 Å². The lowest BCUT2D eigenvalue weighted by molar-refractivity contribution is -0.122. The SMILES string of the molecule is O=C(NC1(C(=O)Nc2ccc(-c3ccc(O)cc3)cc2)CCCC1)c1ccc2c(c1)nc(-c1ccoc1)n2C1CCCCC1. The Morgan fingerprint density at radius 2 is 1.55 bits per heavy atom. The third-order valence-corrected chi connectivity index (χ3v) is 9.26. The number of phenols is 1. The molecule has 2 heterocycles. The minimum absolute atomic E-state index is 0.203. The number of anilines is 1. The van der Waals surface area contributed by atoms with E-state index < -0.39 is 5.54 Å². The number of benzene rings is 3. The van der Waals surface area contributed by atoms with Crippen molar-refractivity contribution in [2.45, 2.75) is 69.4 Å². The molecule has 0 saturated heterocycles. The molecule has 7 rings (SSSR count). The number of hydrogen-bond acceptors (Lipinski definition) is 5. The first-order chi connectivity index (χ1) is 21.5. The average Bonchev–Trinajstić information content (AvgIpc) is 3.83. The van der Waals surface area contributed by atoms with Crippen LogP contribution in [0.3, 0.4) is 0 Å². The van der Waals surface area contributed by atoms with Gasteiger partial charge < -0.3 is 24.7 Å². The summed E-state index contributed by atoms with van der Waals surface area (Å²) in [5.41, 5.74) is 4.82. The molecule has 0 atom stereocenters. The topological polar surface area (TPSA) is 109 Å². The van der Waals surface area contributed by atoms with E-state index in [1.54, 1.807) is 24.7 Å². The Kier molecular flexibility index (Phi) is 7.42. The molecule has 2 amide bonds. The number of rotatable bonds is 7. The van der Waals surface area contributed by atoms with Crippen LogP contribution >= 0.6 is 0 Å². The molecular weight excluding hydrogens is 552 g/mol. The third kappa shape index (κ3) is 5.36. The van der Waals surface area contributed by atoms with E-state index in [-0.39, 0.29) is 17.6 Å². The lowest BCUT2D eigenvalue weighted by Gasteiger charge is -2.29. The molecule has 0 radical (unpaired) electrons. The Balaban J connectivity index is 1.12. The van der Waals surface area contributed by atoms with Crippen LogP contribution in [0.5, 0.6) is 5.75 Å². The fraction of sp³-hybridized carbons (Fsp3) is 0.306. The van der Waals surface area contributed by atoms with Gasteiger partial charge >= 0.3 is 0 Å². The number of nitrogens with zero attached hydrogens (tertiary/aromatic N) is 2. The molecule has 2 aliphatic rings. The van der Waals surface area contributed by atoms with E-state index in [1.807, 2.05) is 60.7 Å². The fourth-order valence-electron chi connectivity index (χ4n) is 6.87. The first-order valence-electron chi connectivity index (χ1n) is 15.6. The van der Waals surface area contributed by atoms with Crippen LogP contribution in [0.4, 0.5) is 5.69 Å². The van der Waals surface area contributed by atoms with Crippen molar-refractivity contribution in [3.8, 4) is 28.3 Å². The predicted octanol–water partition coefficient (Wildman–Crippen LogP) is 7.86. The highest BCUT2D eigenvalue weighted by molar-refractivity contribution is 6.05. The smallest absolute Gasteiger partial charge is 0.252 e. The molecule has 44 heavy (non-hydrogen) atoms. The van der Waals surface area contributed by atoms with E-state index in [2.05, 4.69) is 15.2 Å². The summed E-state index contributed by atoms with van der Waals surface area (Å²) in [6, 6.07) is 22.6. The molecule has 2 fully saturated rings. The molecule has 3 N–H and O–H groups in total. The lowest BCUT2D eigenvalue weighted by Crippen LogP contribution is -2.55. The van der Waals surface area contributed by atoms with Gasteiger partial charge in [0.05, 0.1) is 22.9 Å². The van der Waals surface area contributed by atoms with E-state index in [0.717, 1.165) is 59.2 Å². The van der Waals surface area contributed by atoms with Gasteiger partial charge in [0.1, 0.15) is 23.4 Å². The maximum Gasteiger partial charge on any atom is 0.252 e. The predicted molar refractivity (Wildman–Crippen MR) is 170 cm³/mol. The van der Waals surface area contributed by atoms with E-state index in [0.29, 0.717) is 30.1 Å². The molecule has 8 heteroatoms. The van der Waals surface area contributed by atoms with Crippen LogP contribution in [-0.2, 0) is 4.79 Å². The van der Waals surface area contributed by atoms with Crippen LogP contribution in [0, 0.1) is 0 Å². The molecule has 0 bridgehead atoms. The Hall–Kier alpha value is -4.85. The Labute approximate surface area is 256 Å². The Bertz CT molecular complexity index is 1780. The number of imidazole rings is 1. The van der Waals surface area contributed by atoms with Crippen LogP contribution in [0.2, 0.25) is 0 Å². The van der Waals surface area contributed by atoms with Gasteiger partial charge in [-0.05, 0) is 85.3 Å². The maximum absolute atomic E-state index is 13.7. The van der Waals surface area contributed by atoms with Gasteiger partial charge in [-0.15, -0.1) is 0 Å². The van der Waals surface area contributed by atoms with Gasteiger partial charge in [-0.2, -0.15) is 0 Å². The second-order valence-electron chi connectivity index (χ2n) is 12.1. The fourth-order valence-corrected chi connectivity index (χ4v) is 6.87. The number of nitrogens with one attached hydrogen (secondary N) is 2. The van der Waals surface area contributed by atoms with Crippen molar-refractivity contribution in [3.05, 3.63) is 90.9 Å². The molecule has 0 spiro atoms. The zero-order valence-electron chi connectivity index (χ0n) is 24.6. The molecule has 224 valence electrons. The summed E-state index contributed by atoms with van der Waals surface area (Å²) in [6.45, 7) is 0. The lowest BCUT2D eigenvalue weighted by atomic mass is 9.94. The highest BCUT2D eigenvalue weighted by Crippen LogP contribution is 2.37. The molecule has 5 aromatic rings. The Morgan fingerprint density at radius 1 is 0.841 bits per heavy atom. The zero-order chi connectivity index (χ0) is 30.1. The van der Waals surface area contributed by atoms with Crippen molar-refractivity contribution in [2.75, 3.05) is 5.32 Å². The van der Waals surface area contributed by atoms with Crippen LogP contribution in [-0.4, -0.2) is 32.0 Å². The van der Waals surface area contributed by atoms with Crippen LogP contribution in [0.1, 0.15) is 74.2 Å². The van der Waals surface area contributed by atoms with Crippen LogP contribution < -0.4 is 10.6 Å². The second kappa shape index (κ2) is 11.7. The molecule has 0 aliphatic heterocycles. The van der Waals surface area contributed by atoms with Gasteiger partial charge in [-0.1, -0.05) is 56.4 Å². The van der Waals surface area contributed by atoms with E-state index in [1.165, 1.54) is 19.3 Å². The molecule has 2 aliphatic carbocycles. The van der Waals surface area contributed by atoms with E-state index in [9.17, 15) is 14.7 Å². The average molecular weight is 589 g/mol. The number of fused-ring (bicyclic) bond motifs is 1. The largest absolute Gasteiger partial charge is 0.508 e. The monoisotopic (exact) mass is 588 g/mol. The van der Waals surface area contributed by atoms with E-state index in [4.69, 9.17) is 9.40 Å². The van der Waals surface area contributed by atoms with Crippen LogP contribution in [0.25, 0.3) is 33.5 Å². The highest BCUT2D eigenvalue weighted by atomic mass is 16.3. The summed E-state index contributed by atoms with van der Waals surface area (Å²) in [5, 5.41) is 15.7. The second-order valence-corrected chi connectivity index (χ2v) is 12.1. The molecule has 3 aromatic carbocycles. The van der Waals surface area contributed by atoms with Crippen molar-refractivity contribution < 1.29 is 19.1 Å². The maximum atomic E-state index is 13.7. The number of furan rings is 1. The van der Waals surface area contributed by atoms with Gasteiger partial charge in [0.15, 0.2) is 0 Å². The van der Waals surface area contributed by atoms with Gasteiger partial charge in [-0.3, -0.25) is 9.59 Å². The van der Waals surface area contributed by atoms with E-state index >= 15 is 0 Å². The molecule has 0 unspecified atom stereocenters. The van der Waals surface area contributed by atoms with Crippen molar-refractivity contribution >= 4 is 28.5 Å². The summed E-state index contributed by atoms with van der Waals surface area (Å²) in [5.74, 6) is 0.602. The van der Waals surface area contributed by atoms with Crippen molar-refractivity contribution in [3.63, 3.8) is 0 Å². The first-order valence-corrected chi connectivity index (χ1v) is 15.6. The van der Waals surface area contributed by atoms with Gasteiger partial charge in [-0.25, -0.2) is 4.98 Å². The van der Waals surface area contributed by atoms with Gasteiger partial charge in [0, 0.05) is 17.3 Å². The van der Waals surface area contributed by atoms with Crippen LogP contribution in [0.15, 0.2) is 89.7 Å². The standard InChI is InChI=1S/C36H36N4O4/c41-30-15-10-25(11-16-30)24-8-13-28(14-9-24)37-35(43)36(19-4-5-20-36)39-34(42)26-12-17-32-31(22-26)38-33(27-18-21-44-23-27)40(32)29-6-2-1-3-7-29/h8-18,21-23,29,41H,1-7,19-20H2,(H,37,43)(H,39,42). The molecule has 2 aromatic heterocycles. The minimum atomic E-state index is -0.981. The zero-order valence-corrected chi connectivity index (χ0v) is 24.6. The highest BCUT2D eigenvalue weighted by Gasteiger charge is 2.42. The van der Waals surface area contributed by atoms with Gasteiger partial charge in [0.2, 0.25) is 5.91 Å². The number of aromatic hydroxyl groups is 1. The number of hydrogen-bond donors (Lipinski definition) is 3. The number of aromatic nitrogens is 2. The van der Waals surface area contributed by atoms with Gasteiger partial charge in [0.25, 0.3) is 5.91 Å². The number of carbonyl (C=O) groups excluding carboxylic acids is 2. The van der Waals surface area contributed by atoms with Crippen molar-refractivity contribution in [1.82, 2.24) is 14.9 Å². The summed E-state index contributed by atoms with van der Waals surface area (Å²) >= 11 is 0.